The van der Waals surface area contributed by atoms with Crippen molar-refractivity contribution in [3.63, 3.8) is 0 Å². The van der Waals surface area contributed by atoms with E-state index in [2.05, 4.69) is 15.9 Å². The van der Waals surface area contributed by atoms with Gasteiger partial charge in [-0.3, -0.25) is 4.79 Å². The third-order valence-corrected chi connectivity index (χ3v) is 2.75. The number of nitrogens with two attached hydrogens (primary N) is 1. The van der Waals surface area contributed by atoms with E-state index in [0.717, 1.165) is 0 Å². The predicted molar refractivity (Wildman–Crippen MR) is 61.9 cm³/mol. The average molecular weight is 290 g/mol. The van der Waals surface area contributed by atoms with Gasteiger partial charge in [-0.2, -0.15) is 0 Å². The summed E-state index contributed by atoms with van der Waals surface area (Å²) in [4.78, 5) is 10.8. The van der Waals surface area contributed by atoms with Crippen LogP contribution in [0.1, 0.15) is 24.5 Å². The maximum atomic E-state index is 12.6. The molecule has 0 saturated heterocycles. The van der Waals surface area contributed by atoms with E-state index in [0.29, 0.717) is 15.6 Å². The minimum atomic E-state index is -2.56. The van der Waals surface area contributed by atoms with Gasteiger partial charge in [0, 0.05) is 15.6 Å². The number of alkyl halides is 2. The minimum Gasteiger partial charge on any atom is -0.366 e. The molecule has 16 heavy (non-hydrogen) atoms. The van der Waals surface area contributed by atoms with Crippen LogP contribution in [0, 0.1) is 0 Å². The Morgan fingerprint density at radius 1 is 1.50 bits per heavy atom. The quantitative estimate of drug-likeness (QED) is 0.853. The van der Waals surface area contributed by atoms with Crippen LogP contribution in [0.5, 0.6) is 0 Å². The molecular weight excluding hydrogens is 280 g/mol. The van der Waals surface area contributed by atoms with Gasteiger partial charge >= 0.3 is 0 Å². The van der Waals surface area contributed by atoms with Gasteiger partial charge in [0.2, 0.25) is 5.91 Å². The molecule has 0 fully saturated rings. The van der Waals surface area contributed by atoms with Gasteiger partial charge in [0.15, 0.2) is 0 Å². The molecule has 1 aromatic rings. The van der Waals surface area contributed by atoms with Gasteiger partial charge in [-0.05, 0) is 30.7 Å². The normalized spacial score (nSPS) is 11.9. The van der Waals surface area contributed by atoms with E-state index < -0.39 is 12.3 Å². The topological polar surface area (TPSA) is 43.1 Å². The lowest BCUT2D eigenvalue weighted by Gasteiger charge is -2.04. The Bertz CT molecular complexity index is 444. The van der Waals surface area contributed by atoms with Gasteiger partial charge in [0.05, 0.1) is 0 Å². The zero-order valence-corrected chi connectivity index (χ0v) is 10.1. The number of rotatable bonds is 3. The Morgan fingerprint density at radius 3 is 2.62 bits per heavy atom. The molecule has 2 N–H and O–H groups in total. The number of primary amides is 1. The zero-order chi connectivity index (χ0) is 12.3. The maximum absolute atomic E-state index is 12.6. The molecule has 0 unspecified atom stereocenters. The summed E-state index contributed by atoms with van der Waals surface area (Å²) >= 11 is 3.03. The van der Waals surface area contributed by atoms with Crippen LogP contribution in [-0.4, -0.2) is 5.91 Å². The number of amides is 1. The van der Waals surface area contributed by atoms with Gasteiger partial charge < -0.3 is 5.73 Å². The van der Waals surface area contributed by atoms with Gasteiger partial charge in [0.25, 0.3) is 6.43 Å². The lowest BCUT2D eigenvalue weighted by Crippen LogP contribution is -2.11. The van der Waals surface area contributed by atoms with Crippen LogP contribution in [0.2, 0.25) is 0 Å². The molecule has 0 aromatic heterocycles. The van der Waals surface area contributed by atoms with Crippen molar-refractivity contribution in [1.29, 1.82) is 0 Å². The van der Waals surface area contributed by atoms with E-state index in [-0.39, 0.29) is 5.56 Å². The molecule has 1 aromatic carbocycles. The molecule has 0 saturated carbocycles. The second-order valence-electron chi connectivity index (χ2n) is 3.27. The highest BCUT2D eigenvalue weighted by molar-refractivity contribution is 9.10. The smallest absolute Gasteiger partial charge is 0.264 e. The largest absolute Gasteiger partial charge is 0.366 e. The van der Waals surface area contributed by atoms with Crippen molar-refractivity contribution in [2.75, 3.05) is 0 Å². The molecule has 0 aliphatic heterocycles. The summed E-state index contributed by atoms with van der Waals surface area (Å²) in [5, 5.41) is 0. The first kappa shape index (κ1) is 12.8. The lowest BCUT2D eigenvalue weighted by molar-refractivity contribution is -0.114. The molecule has 1 amide bonds. The fourth-order valence-corrected chi connectivity index (χ4v) is 1.56. The van der Waals surface area contributed by atoms with Crippen molar-refractivity contribution in [3.8, 4) is 0 Å². The van der Waals surface area contributed by atoms with Crippen LogP contribution in [0.15, 0.2) is 28.2 Å². The molecular formula is C11H10BrF2NO. The summed E-state index contributed by atoms with van der Waals surface area (Å²) in [6.45, 7) is 1.53. The summed E-state index contributed by atoms with van der Waals surface area (Å²) < 4.78 is 25.5. The van der Waals surface area contributed by atoms with E-state index in [9.17, 15) is 13.6 Å². The molecule has 0 aliphatic carbocycles. The van der Waals surface area contributed by atoms with E-state index in [1.54, 1.807) is 6.07 Å². The third kappa shape index (κ3) is 3.13. The monoisotopic (exact) mass is 289 g/mol. The molecule has 86 valence electrons. The summed E-state index contributed by atoms with van der Waals surface area (Å²) in [7, 11) is 0. The minimum absolute atomic E-state index is 0.106. The number of carbonyl (C=O) groups excluding carboxylic acids is 1. The van der Waals surface area contributed by atoms with Crippen LogP contribution in [0.25, 0.3) is 6.08 Å². The molecule has 0 aliphatic rings. The lowest BCUT2D eigenvalue weighted by atomic mass is 10.1. The van der Waals surface area contributed by atoms with E-state index >= 15 is 0 Å². The molecule has 0 atom stereocenters. The van der Waals surface area contributed by atoms with Gasteiger partial charge in [0.1, 0.15) is 0 Å². The Labute approximate surface area is 100 Å². The van der Waals surface area contributed by atoms with Crippen molar-refractivity contribution >= 4 is 27.9 Å². The van der Waals surface area contributed by atoms with E-state index in [4.69, 9.17) is 5.73 Å². The molecule has 5 heteroatoms. The molecule has 0 spiro atoms. The standard InChI is InChI=1S/C11H10BrF2NO/c1-6(11(15)16)4-7-2-3-9(12)8(5-7)10(13)14/h2-5,10H,1H3,(H2,15,16). The molecule has 0 bridgehead atoms. The fraction of sp³-hybridized carbons (Fsp3) is 0.182. The summed E-state index contributed by atoms with van der Waals surface area (Å²) in [6.07, 6.45) is -1.09. The molecule has 1 rings (SSSR count). The third-order valence-electron chi connectivity index (χ3n) is 2.03. The number of benzene rings is 1. The Kier molecular flexibility index (Phi) is 4.18. The highest BCUT2D eigenvalue weighted by atomic mass is 79.9. The van der Waals surface area contributed by atoms with Crippen molar-refractivity contribution in [2.24, 2.45) is 5.73 Å². The molecule has 0 heterocycles. The Balaban J connectivity index is 3.13. The number of carbonyl (C=O) groups is 1. The van der Waals surface area contributed by atoms with Crippen LogP contribution in [-0.2, 0) is 4.79 Å². The second kappa shape index (κ2) is 5.21. The van der Waals surface area contributed by atoms with Crippen molar-refractivity contribution in [3.05, 3.63) is 39.4 Å². The Hall–Kier alpha value is -1.23. The first-order valence-corrected chi connectivity index (χ1v) is 5.27. The number of hydrogen-bond donors (Lipinski definition) is 1. The van der Waals surface area contributed by atoms with Crippen LogP contribution >= 0.6 is 15.9 Å². The highest BCUT2D eigenvalue weighted by Gasteiger charge is 2.11. The van der Waals surface area contributed by atoms with E-state index in [1.165, 1.54) is 25.1 Å². The van der Waals surface area contributed by atoms with Crippen LogP contribution < -0.4 is 5.73 Å². The zero-order valence-electron chi connectivity index (χ0n) is 8.51. The number of hydrogen-bond acceptors (Lipinski definition) is 1. The van der Waals surface area contributed by atoms with Crippen LogP contribution in [0.3, 0.4) is 0 Å². The van der Waals surface area contributed by atoms with E-state index in [1.807, 2.05) is 0 Å². The average Bonchev–Trinajstić information content (AvgIpc) is 2.20. The first-order chi connectivity index (χ1) is 7.41. The maximum Gasteiger partial charge on any atom is 0.264 e. The van der Waals surface area contributed by atoms with Gasteiger partial charge in [-0.15, -0.1) is 0 Å². The first-order valence-electron chi connectivity index (χ1n) is 4.47. The molecule has 2 nitrogen and oxygen atoms in total. The number of halogens is 3. The fourth-order valence-electron chi connectivity index (χ4n) is 1.14. The Morgan fingerprint density at radius 2 is 2.12 bits per heavy atom. The van der Waals surface area contributed by atoms with Crippen molar-refractivity contribution < 1.29 is 13.6 Å². The summed E-state index contributed by atoms with van der Waals surface area (Å²) in [6, 6.07) is 4.46. The molecule has 0 radical (unpaired) electrons. The second-order valence-corrected chi connectivity index (χ2v) is 4.13. The SMILES string of the molecule is CC(=Cc1ccc(Br)c(C(F)F)c1)C(N)=O. The highest BCUT2D eigenvalue weighted by Crippen LogP contribution is 2.28. The van der Waals surface area contributed by atoms with Gasteiger partial charge in [-0.25, -0.2) is 8.78 Å². The summed E-state index contributed by atoms with van der Waals surface area (Å²) in [5.74, 6) is -0.568. The summed E-state index contributed by atoms with van der Waals surface area (Å²) in [5.41, 5.74) is 5.79. The van der Waals surface area contributed by atoms with Gasteiger partial charge in [-0.1, -0.05) is 22.0 Å². The predicted octanol–water partition coefficient (Wildman–Crippen LogP) is 3.28. The van der Waals surface area contributed by atoms with Crippen molar-refractivity contribution in [2.45, 2.75) is 13.3 Å². The van der Waals surface area contributed by atoms with Crippen LogP contribution in [0.4, 0.5) is 8.78 Å². The van der Waals surface area contributed by atoms with Crippen molar-refractivity contribution in [1.82, 2.24) is 0 Å².